The molecule has 0 aliphatic carbocycles. The van der Waals surface area contributed by atoms with Crippen molar-refractivity contribution in [2.24, 2.45) is 0 Å². The van der Waals surface area contributed by atoms with Gasteiger partial charge in [-0.05, 0) is 28.1 Å². The summed E-state index contributed by atoms with van der Waals surface area (Å²) in [5, 5.41) is 12.3. The summed E-state index contributed by atoms with van der Waals surface area (Å²) in [7, 11) is 0. The Kier molecular flexibility index (Phi) is 5.31. The number of rotatable bonds is 7. The molecular weight excluding hydrogens is 324 g/mol. The molecule has 0 saturated heterocycles. The van der Waals surface area contributed by atoms with Crippen LogP contribution in [0.2, 0.25) is 0 Å². The first-order chi connectivity index (χ1) is 9.72. The van der Waals surface area contributed by atoms with Crippen LogP contribution in [0.1, 0.15) is 0 Å². The molecule has 0 radical (unpaired) electrons. The number of carbonyl (C=O) groups excluding carboxylic acids is 2. The van der Waals surface area contributed by atoms with Gasteiger partial charge in [-0.1, -0.05) is 23.5 Å². The topological polar surface area (TPSA) is 123 Å². The Bertz CT molecular complexity index is 600. The van der Waals surface area contributed by atoms with Crippen molar-refractivity contribution in [3.8, 4) is 0 Å². The van der Waals surface area contributed by atoms with Crippen molar-refractivity contribution >= 4 is 59.0 Å². The first kappa shape index (κ1) is 14.7. The summed E-state index contributed by atoms with van der Waals surface area (Å²) >= 11 is 3.93. The average Bonchev–Trinajstić information content (AvgIpc) is 3.07. The molecule has 0 atom stereocenters. The van der Waals surface area contributed by atoms with Gasteiger partial charge < -0.3 is 10.6 Å². The van der Waals surface area contributed by atoms with Crippen LogP contribution >= 0.6 is 35.1 Å². The van der Waals surface area contributed by atoms with E-state index in [-0.39, 0.29) is 23.3 Å². The van der Waals surface area contributed by atoms with E-state index >= 15 is 0 Å². The van der Waals surface area contributed by atoms with E-state index in [2.05, 4.69) is 34.9 Å². The van der Waals surface area contributed by atoms with Crippen LogP contribution in [0.3, 0.4) is 0 Å². The highest BCUT2D eigenvalue weighted by Crippen LogP contribution is 2.23. The van der Waals surface area contributed by atoms with E-state index in [1.165, 1.54) is 35.1 Å². The molecule has 0 saturated carbocycles. The van der Waals surface area contributed by atoms with Crippen LogP contribution in [0.5, 0.6) is 0 Å². The van der Waals surface area contributed by atoms with Crippen molar-refractivity contribution in [1.29, 1.82) is 0 Å². The minimum absolute atomic E-state index is 0.0546. The number of nitrogens with zero attached hydrogens (tertiary/aromatic N) is 4. The molecule has 0 fully saturated rings. The Labute approximate surface area is 125 Å². The number of hydrogen-bond acceptors (Lipinski definition) is 10. The van der Waals surface area contributed by atoms with Crippen molar-refractivity contribution in [3.63, 3.8) is 0 Å². The van der Waals surface area contributed by atoms with Crippen LogP contribution < -0.4 is 10.6 Å². The molecule has 2 N–H and O–H groups in total. The smallest absolute Gasteiger partial charge is 0.236 e. The lowest BCUT2D eigenvalue weighted by atomic mass is 10.6. The van der Waals surface area contributed by atoms with Crippen LogP contribution in [0.15, 0.2) is 14.1 Å². The van der Waals surface area contributed by atoms with E-state index in [9.17, 15) is 9.59 Å². The molecular formula is C8H8N6O3S3. The molecule has 0 aliphatic rings. The molecule has 20 heavy (non-hydrogen) atoms. The first-order valence-corrected chi connectivity index (χ1v) is 8.04. The Balaban J connectivity index is 1.85. The molecule has 0 aliphatic heterocycles. The van der Waals surface area contributed by atoms with E-state index in [4.69, 9.17) is 0 Å². The minimum atomic E-state index is -0.319. The van der Waals surface area contributed by atoms with Gasteiger partial charge in [0.1, 0.15) is 0 Å². The van der Waals surface area contributed by atoms with Crippen molar-refractivity contribution in [2.75, 3.05) is 22.6 Å². The van der Waals surface area contributed by atoms with Gasteiger partial charge in [-0.2, -0.15) is 4.37 Å². The summed E-state index contributed by atoms with van der Waals surface area (Å²) in [4.78, 5) is 26.2. The zero-order chi connectivity index (χ0) is 14.4. The number of nitrogens with one attached hydrogen (secondary N) is 2. The van der Waals surface area contributed by atoms with Crippen LogP contribution in [-0.2, 0) is 9.59 Å². The molecule has 2 aromatic rings. The predicted octanol–water partition coefficient (Wildman–Crippen LogP) is 0.942. The molecule has 12 heteroatoms. The highest BCUT2D eigenvalue weighted by Gasteiger charge is 2.14. The summed E-state index contributed by atoms with van der Waals surface area (Å²) in [6, 6.07) is 0. The minimum Gasteiger partial charge on any atom is -0.307 e. The van der Waals surface area contributed by atoms with Gasteiger partial charge in [0.25, 0.3) is 0 Å². The third-order valence-corrected chi connectivity index (χ3v) is 4.34. The largest absolute Gasteiger partial charge is 0.307 e. The summed E-state index contributed by atoms with van der Waals surface area (Å²) < 4.78 is 9.20. The SMILES string of the molecule is CSc1nsc(SCC(=O)Nc2nonc2NC=O)n1. The van der Waals surface area contributed by atoms with Crippen LogP contribution in [0.4, 0.5) is 11.6 Å². The number of amides is 2. The third kappa shape index (κ3) is 3.91. The van der Waals surface area contributed by atoms with Crippen LogP contribution in [-0.4, -0.2) is 44.0 Å². The molecule has 2 heterocycles. The summed E-state index contributed by atoms with van der Waals surface area (Å²) in [5.41, 5.74) is 0. The number of hydrogen-bond donors (Lipinski definition) is 2. The second-order valence-electron chi connectivity index (χ2n) is 3.11. The molecule has 106 valence electrons. The Morgan fingerprint density at radius 1 is 1.45 bits per heavy atom. The zero-order valence-corrected chi connectivity index (χ0v) is 12.5. The van der Waals surface area contributed by atoms with Gasteiger partial charge in [0.2, 0.25) is 29.1 Å². The van der Waals surface area contributed by atoms with E-state index < -0.39 is 0 Å². The molecule has 0 aromatic carbocycles. The van der Waals surface area contributed by atoms with Gasteiger partial charge in [-0.25, -0.2) is 9.61 Å². The summed E-state index contributed by atoms with van der Waals surface area (Å²) in [5.74, 6) is -0.0691. The van der Waals surface area contributed by atoms with E-state index in [0.29, 0.717) is 15.9 Å². The molecule has 0 unspecified atom stereocenters. The molecule has 0 spiro atoms. The molecule has 0 bridgehead atoms. The number of anilines is 2. The summed E-state index contributed by atoms with van der Waals surface area (Å²) in [6.45, 7) is 0. The van der Waals surface area contributed by atoms with Gasteiger partial charge in [-0.15, -0.1) is 0 Å². The van der Waals surface area contributed by atoms with Crippen molar-refractivity contribution in [1.82, 2.24) is 19.7 Å². The Morgan fingerprint density at radius 3 is 2.95 bits per heavy atom. The van der Waals surface area contributed by atoms with Crippen LogP contribution in [0.25, 0.3) is 0 Å². The lowest BCUT2D eigenvalue weighted by molar-refractivity contribution is -0.113. The van der Waals surface area contributed by atoms with Crippen molar-refractivity contribution in [3.05, 3.63) is 0 Å². The number of aromatic nitrogens is 4. The maximum absolute atomic E-state index is 11.7. The quantitative estimate of drug-likeness (QED) is 0.563. The van der Waals surface area contributed by atoms with Crippen LogP contribution in [0, 0.1) is 0 Å². The Hall–Kier alpha value is -1.66. The fourth-order valence-corrected chi connectivity index (χ4v) is 3.06. The number of carbonyl (C=O) groups is 2. The maximum Gasteiger partial charge on any atom is 0.236 e. The normalized spacial score (nSPS) is 10.2. The van der Waals surface area contributed by atoms with Crippen molar-refractivity contribution < 1.29 is 14.2 Å². The highest BCUT2D eigenvalue weighted by atomic mass is 32.2. The lowest BCUT2D eigenvalue weighted by Crippen LogP contribution is -2.15. The van der Waals surface area contributed by atoms with E-state index in [0.717, 1.165) is 0 Å². The van der Waals surface area contributed by atoms with Gasteiger partial charge >= 0.3 is 0 Å². The highest BCUT2D eigenvalue weighted by molar-refractivity contribution is 8.01. The van der Waals surface area contributed by atoms with E-state index in [1.807, 2.05) is 6.26 Å². The average molecular weight is 332 g/mol. The fourth-order valence-electron chi connectivity index (χ4n) is 1.06. The summed E-state index contributed by atoms with van der Waals surface area (Å²) in [6.07, 6.45) is 2.29. The molecule has 2 rings (SSSR count). The maximum atomic E-state index is 11.7. The second kappa shape index (κ2) is 7.21. The van der Waals surface area contributed by atoms with E-state index in [1.54, 1.807) is 0 Å². The first-order valence-electron chi connectivity index (χ1n) is 5.06. The monoisotopic (exact) mass is 332 g/mol. The van der Waals surface area contributed by atoms with Gasteiger partial charge in [0.05, 0.1) is 5.75 Å². The molecule has 2 amide bonds. The van der Waals surface area contributed by atoms with Gasteiger partial charge in [0, 0.05) is 0 Å². The van der Waals surface area contributed by atoms with Gasteiger partial charge in [0.15, 0.2) is 4.34 Å². The second-order valence-corrected chi connectivity index (χ2v) is 5.86. The third-order valence-electron chi connectivity index (χ3n) is 1.84. The standard InChI is InChI=1S/C8H8N6O3S3/c1-18-7-11-8(20-14-7)19-2-4(16)10-6-5(9-3-15)12-17-13-6/h3H,2H2,1H3,(H,9,12,15)(H,10,13,16). The number of thioether (sulfide) groups is 2. The van der Waals surface area contributed by atoms with Gasteiger partial charge in [-0.3, -0.25) is 9.59 Å². The molecule has 2 aromatic heterocycles. The lowest BCUT2D eigenvalue weighted by Gasteiger charge is -2.00. The Morgan fingerprint density at radius 2 is 2.25 bits per heavy atom. The predicted molar refractivity (Wildman–Crippen MR) is 75.0 cm³/mol. The zero-order valence-electron chi connectivity index (χ0n) is 10.0. The molecule has 9 nitrogen and oxygen atoms in total. The fraction of sp³-hybridized carbons (Fsp3) is 0.250. The van der Waals surface area contributed by atoms with Crippen molar-refractivity contribution in [2.45, 2.75) is 9.50 Å².